The summed E-state index contributed by atoms with van der Waals surface area (Å²) < 4.78 is 6.77. The predicted octanol–water partition coefficient (Wildman–Crippen LogP) is 2.49. The number of hydrogen-bond acceptors (Lipinski definition) is 6. The zero-order valence-electron chi connectivity index (χ0n) is 17.6. The number of carbonyl (C=O) groups excluding carboxylic acids is 2. The molecule has 1 saturated carbocycles. The zero-order chi connectivity index (χ0) is 22.7. The third-order valence-corrected chi connectivity index (χ3v) is 8.92. The van der Waals surface area contributed by atoms with E-state index in [0.717, 1.165) is 5.56 Å². The molecule has 0 radical (unpaired) electrons. The van der Waals surface area contributed by atoms with Crippen LogP contribution in [-0.4, -0.2) is 50.9 Å². The van der Waals surface area contributed by atoms with Gasteiger partial charge in [-0.3, -0.25) is 19.4 Å². The fraction of sp³-hybridized carbons (Fsp3) is 0.375. The van der Waals surface area contributed by atoms with E-state index in [0.29, 0.717) is 22.3 Å². The Morgan fingerprint density at radius 3 is 2.61 bits per heavy atom. The van der Waals surface area contributed by atoms with Gasteiger partial charge >= 0.3 is 11.8 Å². The predicted molar refractivity (Wildman–Crippen MR) is 120 cm³/mol. The van der Waals surface area contributed by atoms with Crippen molar-refractivity contribution in [3.63, 3.8) is 0 Å². The molecule has 9 heteroatoms. The standard InChI is InChI=1S/C24H20BrN3O5/c1-32-23-11-14-17(29)13-9-5-6-10-15(13)27-21(30)22(31)28(18(23)12-7-3-2-4-8-12)24(14,27)16-19(23)33-26-20(16)25/h2-10,14,16-19,29H,11H2,1H3/t14-,16-,17+,18+,19-,23+,24-/m0/s1. The molecule has 8 rings (SSSR count). The summed E-state index contributed by atoms with van der Waals surface area (Å²) in [4.78, 5) is 36.8. The van der Waals surface area contributed by atoms with Crippen molar-refractivity contribution in [1.29, 1.82) is 0 Å². The third kappa shape index (κ3) is 1.96. The molecule has 7 atom stereocenters. The Labute approximate surface area is 197 Å². The van der Waals surface area contributed by atoms with Gasteiger partial charge in [0.2, 0.25) is 0 Å². The molecule has 2 bridgehead atoms. The minimum absolute atomic E-state index is 0.392. The number of anilines is 1. The van der Waals surface area contributed by atoms with E-state index in [1.54, 1.807) is 23.0 Å². The van der Waals surface area contributed by atoms with Crippen molar-refractivity contribution < 1.29 is 24.3 Å². The number of carbonyl (C=O) groups is 2. The Kier molecular flexibility index (Phi) is 3.71. The molecule has 1 spiro atoms. The Morgan fingerprint density at radius 2 is 1.85 bits per heavy atom. The number of aliphatic hydroxyl groups is 1. The second-order valence-electron chi connectivity index (χ2n) is 9.30. The van der Waals surface area contributed by atoms with Gasteiger partial charge in [0.25, 0.3) is 0 Å². The summed E-state index contributed by atoms with van der Waals surface area (Å²) in [6, 6.07) is 16.2. The Morgan fingerprint density at radius 1 is 1.12 bits per heavy atom. The molecule has 0 unspecified atom stereocenters. The lowest BCUT2D eigenvalue weighted by molar-refractivity contribution is -0.286. The first kappa shape index (κ1) is 19.7. The van der Waals surface area contributed by atoms with Crippen LogP contribution in [0.25, 0.3) is 0 Å². The van der Waals surface area contributed by atoms with Crippen LogP contribution in [0.3, 0.4) is 0 Å². The molecule has 3 saturated heterocycles. The van der Waals surface area contributed by atoms with Crippen molar-refractivity contribution >= 4 is 38.1 Å². The maximum absolute atomic E-state index is 13.8. The summed E-state index contributed by atoms with van der Waals surface area (Å²) in [7, 11) is 1.60. The van der Waals surface area contributed by atoms with Crippen molar-refractivity contribution in [3.05, 3.63) is 65.7 Å². The number of hydrogen-bond donors (Lipinski definition) is 1. The lowest BCUT2D eigenvalue weighted by atomic mass is 9.52. The molecule has 168 valence electrons. The van der Waals surface area contributed by atoms with Crippen LogP contribution in [0, 0.1) is 11.8 Å². The molecule has 8 nitrogen and oxygen atoms in total. The second kappa shape index (κ2) is 6.22. The van der Waals surface area contributed by atoms with Crippen LogP contribution in [0.2, 0.25) is 0 Å². The molecule has 2 aromatic carbocycles. The minimum Gasteiger partial charge on any atom is -0.388 e. The number of piperidine rings is 2. The van der Waals surface area contributed by atoms with E-state index in [1.807, 2.05) is 48.5 Å². The molecule has 1 N–H and O–H groups in total. The number of nitrogens with zero attached hydrogens (tertiary/aromatic N) is 3. The highest BCUT2D eigenvalue weighted by molar-refractivity contribution is 9.18. The van der Waals surface area contributed by atoms with E-state index in [2.05, 4.69) is 21.1 Å². The number of methoxy groups -OCH3 is 1. The molecule has 4 fully saturated rings. The first-order chi connectivity index (χ1) is 16.0. The number of fused-ring (bicyclic) bond motifs is 2. The monoisotopic (exact) mass is 509 g/mol. The molecular weight excluding hydrogens is 490 g/mol. The fourth-order valence-corrected chi connectivity index (χ4v) is 7.88. The van der Waals surface area contributed by atoms with Crippen molar-refractivity contribution in [1.82, 2.24) is 4.90 Å². The lowest BCUT2D eigenvalue weighted by Crippen LogP contribution is -2.83. The summed E-state index contributed by atoms with van der Waals surface area (Å²) in [6.45, 7) is 0. The maximum atomic E-state index is 13.8. The molecule has 2 aromatic rings. The van der Waals surface area contributed by atoms with Crippen LogP contribution >= 0.6 is 15.9 Å². The minimum atomic E-state index is -1.17. The number of halogens is 1. The first-order valence-corrected chi connectivity index (χ1v) is 11.7. The number of amides is 2. The van der Waals surface area contributed by atoms with Crippen molar-refractivity contribution in [2.45, 2.75) is 35.9 Å². The van der Waals surface area contributed by atoms with Gasteiger partial charge in [0, 0.05) is 18.6 Å². The van der Waals surface area contributed by atoms with Gasteiger partial charge < -0.3 is 14.7 Å². The number of rotatable bonds is 2. The summed E-state index contributed by atoms with van der Waals surface area (Å²) >= 11 is 3.56. The highest BCUT2D eigenvalue weighted by Gasteiger charge is 2.84. The molecule has 0 aromatic heterocycles. The van der Waals surface area contributed by atoms with Crippen molar-refractivity contribution in [2.75, 3.05) is 12.0 Å². The van der Waals surface area contributed by atoms with E-state index in [4.69, 9.17) is 9.57 Å². The highest BCUT2D eigenvalue weighted by atomic mass is 79.9. The summed E-state index contributed by atoms with van der Waals surface area (Å²) in [5.41, 5.74) is -0.164. The largest absolute Gasteiger partial charge is 0.388 e. The van der Waals surface area contributed by atoms with Crippen molar-refractivity contribution in [2.24, 2.45) is 17.0 Å². The van der Waals surface area contributed by atoms with E-state index in [1.165, 1.54) is 0 Å². The average molecular weight is 510 g/mol. The summed E-state index contributed by atoms with van der Waals surface area (Å²) in [6.07, 6.45) is -1.05. The van der Waals surface area contributed by atoms with Crippen LogP contribution in [-0.2, 0) is 19.2 Å². The number of benzene rings is 2. The molecule has 33 heavy (non-hydrogen) atoms. The Hall–Kier alpha value is -2.75. The normalized spacial score (nSPS) is 39.7. The molecule has 1 aliphatic carbocycles. The van der Waals surface area contributed by atoms with Gasteiger partial charge in [-0.1, -0.05) is 53.7 Å². The molecule has 5 aliphatic heterocycles. The highest BCUT2D eigenvalue weighted by Crippen LogP contribution is 2.70. The molecule has 2 amide bonds. The van der Waals surface area contributed by atoms with Crippen molar-refractivity contribution in [3.8, 4) is 0 Å². The van der Waals surface area contributed by atoms with Gasteiger partial charge in [0.15, 0.2) is 6.10 Å². The third-order valence-electron chi connectivity index (χ3n) is 8.28. The van der Waals surface area contributed by atoms with Crippen LogP contribution in [0.1, 0.15) is 29.7 Å². The van der Waals surface area contributed by atoms with E-state index >= 15 is 0 Å². The van der Waals surface area contributed by atoms with Crippen LogP contribution in [0.4, 0.5) is 5.69 Å². The molecule has 5 heterocycles. The van der Waals surface area contributed by atoms with Gasteiger partial charge in [-0.05, 0) is 34.0 Å². The lowest BCUT2D eigenvalue weighted by Gasteiger charge is -2.70. The average Bonchev–Trinajstić information content (AvgIpc) is 3.36. The number of aliphatic hydroxyl groups excluding tert-OH is 1. The zero-order valence-corrected chi connectivity index (χ0v) is 19.2. The van der Waals surface area contributed by atoms with Gasteiger partial charge in [-0.25, -0.2) is 0 Å². The summed E-state index contributed by atoms with van der Waals surface area (Å²) in [5, 5.41) is 15.9. The number of oxime groups is 1. The number of para-hydroxylation sites is 1. The Balaban J connectivity index is 1.60. The second-order valence-corrected chi connectivity index (χ2v) is 10.1. The van der Waals surface area contributed by atoms with Crippen LogP contribution < -0.4 is 4.90 Å². The van der Waals surface area contributed by atoms with Crippen LogP contribution in [0.5, 0.6) is 0 Å². The maximum Gasteiger partial charge on any atom is 0.318 e. The topological polar surface area (TPSA) is 91.7 Å². The smallest absolute Gasteiger partial charge is 0.318 e. The SMILES string of the molecule is CO[C@]12C[C@H]3[C@H](O)c4ccccc4N4C(=O)C(=O)N([C@@H]1c1ccccc1)[C@]34[C@@H]1C(Br)=NO[C@@H]12. The first-order valence-electron chi connectivity index (χ1n) is 10.9. The Bertz CT molecular complexity index is 1250. The van der Waals surface area contributed by atoms with Gasteiger partial charge in [-0.2, -0.15) is 0 Å². The molecular formula is C24H20BrN3O5. The van der Waals surface area contributed by atoms with E-state index < -0.39 is 53.2 Å². The summed E-state index contributed by atoms with van der Waals surface area (Å²) in [5.74, 6) is -2.22. The van der Waals surface area contributed by atoms with Gasteiger partial charge in [0.1, 0.15) is 15.9 Å². The van der Waals surface area contributed by atoms with Gasteiger partial charge in [-0.15, -0.1) is 0 Å². The van der Waals surface area contributed by atoms with E-state index in [-0.39, 0.29) is 0 Å². The van der Waals surface area contributed by atoms with Gasteiger partial charge in [0.05, 0.1) is 23.8 Å². The van der Waals surface area contributed by atoms with E-state index in [9.17, 15) is 14.7 Å². The van der Waals surface area contributed by atoms with Crippen LogP contribution in [0.15, 0.2) is 59.8 Å². The quantitative estimate of drug-likeness (QED) is 0.628. The number of ether oxygens (including phenoxy) is 1. The fourth-order valence-electron chi connectivity index (χ4n) is 7.22. The molecule has 6 aliphatic rings.